The quantitative estimate of drug-likeness (QED) is 0.683. The van der Waals surface area contributed by atoms with Crippen molar-refractivity contribution >= 4 is 17.1 Å². The van der Waals surface area contributed by atoms with Gasteiger partial charge in [-0.25, -0.2) is 4.52 Å². The van der Waals surface area contributed by atoms with Crippen LogP contribution in [0.25, 0.3) is 5.52 Å². The van der Waals surface area contributed by atoms with Crippen molar-refractivity contribution in [2.24, 2.45) is 0 Å². The SMILES string of the molecule is O=C(NCCCN1CCN(c2ccccc2)CC1)c1cc2ccccn2n1. The minimum atomic E-state index is -0.104. The topological polar surface area (TPSA) is 52.9 Å². The smallest absolute Gasteiger partial charge is 0.271 e. The second-order valence-electron chi connectivity index (χ2n) is 6.87. The van der Waals surface area contributed by atoms with E-state index in [9.17, 15) is 4.79 Å². The number of fused-ring (bicyclic) bond motifs is 1. The third-order valence-corrected chi connectivity index (χ3v) is 5.03. The number of pyridine rings is 1. The second-order valence-corrected chi connectivity index (χ2v) is 6.87. The van der Waals surface area contributed by atoms with Gasteiger partial charge in [0.05, 0.1) is 5.52 Å². The Labute approximate surface area is 159 Å². The molecule has 0 atom stereocenters. The van der Waals surface area contributed by atoms with Gasteiger partial charge in [0.1, 0.15) is 0 Å². The number of amides is 1. The fraction of sp³-hybridized carbons (Fsp3) is 0.333. The maximum absolute atomic E-state index is 12.3. The van der Waals surface area contributed by atoms with E-state index in [1.54, 1.807) is 4.52 Å². The molecule has 0 bridgehead atoms. The van der Waals surface area contributed by atoms with Crippen LogP contribution in [0.4, 0.5) is 5.69 Å². The average Bonchev–Trinajstić information content (AvgIpc) is 3.17. The highest BCUT2D eigenvalue weighted by Crippen LogP contribution is 2.15. The number of piperazine rings is 1. The lowest BCUT2D eigenvalue weighted by molar-refractivity contribution is 0.0946. The molecule has 1 N–H and O–H groups in total. The number of carbonyl (C=O) groups excluding carboxylic acids is 1. The summed E-state index contributed by atoms with van der Waals surface area (Å²) in [4.78, 5) is 17.2. The standard InChI is InChI=1S/C21H25N5O/c27-21(20-17-19-9-4-5-12-26(19)23-20)22-10-6-11-24-13-15-25(16-14-24)18-7-2-1-3-8-18/h1-5,7-9,12,17H,6,10-11,13-16H2,(H,22,27). The van der Waals surface area contributed by atoms with Crippen LogP contribution in [0.5, 0.6) is 0 Å². The van der Waals surface area contributed by atoms with Crippen molar-refractivity contribution in [3.8, 4) is 0 Å². The highest BCUT2D eigenvalue weighted by Gasteiger charge is 2.16. The molecule has 1 aliphatic rings. The van der Waals surface area contributed by atoms with Gasteiger partial charge in [-0.2, -0.15) is 5.10 Å². The van der Waals surface area contributed by atoms with E-state index < -0.39 is 0 Å². The summed E-state index contributed by atoms with van der Waals surface area (Å²) in [7, 11) is 0. The van der Waals surface area contributed by atoms with E-state index in [-0.39, 0.29) is 5.91 Å². The van der Waals surface area contributed by atoms with E-state index >= 15 is 0 Å². The molecule has 0 unspecified atom stereocenters. The minimum Gasteiger partial charge on any atom is -0.369 e. The lowest BCUT2D eigenvalue weighted by atomic mass is 10.2. The van der Waals surface area contributed by atoms with Gasteiger partial charge < -0.3 is 10.2 Å². The number of nitrogens with zero attached hydrogens (tertiary/aromatic N) is 4. The summed E-state index contributed by atoms with van der Waals surface area (Å²) in [6, 6.07) is 18.2. The van der Waals surface area contributed by atoms with Gasteiger partial charge in [0.2, 0.25) is 0 Å². The zero-order chi connectivity index (χ0) is 18.5. The van der Waals surface area contributed by atoms with Gasteiger partial charge in [-0.05, 0) is 43.3 Å². The highest BCUT2D eigenvalue weighted by molar-refractivity contribution is 5.93. The van der Waals surface area contributed by atoms with Crippen LogP contribution in [-0.2, 0) is 0 Å². The molecular formula is C21H25N5O. The van der Waals surface area contributed by atoms with Crippen molar-refractivity contribution in [1.29, 1.82) is 0 Å². The Hall–Kier alpha value is -2.86. The van der Waals surface area contributed by atoms with E-state index in [2.05, 4.69) is 50.5 Å². The first kappa shape index (κ1) is 17.5. The Morgan fingerprint density at radius 2 is 1.78 bits per heavy atom. The van der Waals surface area contributed by atoms with Crippen LogP contribution in [0.3, 0.4) is 0 Å². The summed E-state index contributed by atoms with van der Waals surface area (Å²) in [6.45, 7) is 5.92. The number of nitrogens with one attached hydrogen (secondary N) is 1. The first-order valence-corrected chi connectivity index (χ1v) is 9.54. The van der Waals surface area contributed by atoms with Crippen molar-refractivity contribution in [1.82, 2.24) is 19.8 Å². The molecule has 2 aromatic heterocycles. The number of anilines is 1. The van der Waals surface area contributed by atoms with Gasteiger partial charge in [-0.3, -0.25) is 9.69 Å². The molecule has 6 nitrogen and oxygen atoms in total. The first-order chi connectivity index (χ1) is 13.3. The Morgan fingerprint density at radius 1 is 1.00 bits per heavy atom. The molecule has 27 heavy (non-hydrogen) atoms. The van der Waals surface area contributed by atoms with Crippen LogP contribution in [0.1, 0.15) is 16.9 Å². The number of aromatic nitrogens is 2. The van der Waals surface area contributed by atoms with Crippen LogP contribution >= 0.6 is 0 Å². The summed E-state index contributed by atoms with van der Waals surface area (Å²) < 4.78 is 1.72. The number of hydrogen-bond acceptors (Lipinski definition) is 4. The number of benzene rings is 1. The van der Waals surface area contributed by atoms with Gasteiger partial charge in [-0.1, -0.05) is 24.3 Å². The minimum absolute atomic E-state index is 0.104. The molecule has 0 saturated carbocycles. The molecule has 1 amide bonds. The molecule has 1 aliphatic heterocycles. The van der Waals surface area contributed by atoms with Crippen molar-refractivity contribution in [3.05, 3.63) is 66.5 Å². The zero-order valence-corrected chi connectivity index (χ0v) is 15.4. The molecule has 140 valence electrons. The lowest BCUT2D eigenvalue weighted by Gasteiger charge is -2.36. The molecule has 3 aromatic rings. The van der Waals surface area contributed by atoms with Crippen LogP contribution in [0.2, 0.25) is 0 Å². The van der Waals surface area contributed by atoms with E-state index in [0.717, 1.165) is 44.7 Å². The largest absolute Gasteiger partial charge is 0.369 e. The lowest BCUT2D eigenvalue weighted by Crippen LogP contribution is -2.47. The maximum atomic E-state index is 12.3. The van der Waals surface area contributed by atoms with Crippen LogP contribution in [0, 0.1) is 0 Å². The van der Waals surface area contributed by atoms with E-state index in [0.29, 0.717) is 12.2 Å². The molecule has 1 fully saturated rings. The van der Waals surface area contributed by atoms with Gasteiger partial charge >= 0.3 is 0 Å². The molecule has 0 radical (unpaired) electrons. The Morgan fingerprint density at radius 3 is 2.56 bits per heavy atom. The number of carbonyl (C=O) groups is 1. The zero-order valence-electron chi connectivity index (χ0n) is 15.4. The monoisotopic (exact) mass is 363 g/mol. The van der Waals surface area contributed by atoms with E-state index in [1.807, 2.05) is 30.5 Å². The molecule has 0 aliphatic carbocycles. The molecular weight excluding hydrogens is 338 g/mol. The Kier molecular flexibility index (Phi) is 5.34. The second kappa shape index (κ2) is 8.22. The number of hydrogen-bond donors (Lipinski definition) is 1. The van der Waals surface area contributed by atoms with Crippen molar-refractivity contribution in [2.45, 2.75) is 6.42 Å². The van der Waals surface area contributed by atoms with Gasteiger partial charge in [0.15, 0.2) is 5.69 Å². The Balaban J connectivity index is 1.18. The van der Waals surface area contributed by atoms with Crippen molar-refractivity contribution in [3.63, 3.8) is 0 Å². The maximum Gasteiger partial charge on any atom is 0.271 e. The summed E-state index contributed by atoms with van der Waals surface area (Å²) >= 11 is 0. The fourth-order valence-corrected chi connectivity index (χ4v) is 3.51. The third kappa shape index (κ3) is 4.28. The highest BCUT2D eigenvalue weighted by atomic mass is 16.1. The first-order valence-electron chi connectivity index (χ1n) is 9.54. The molecule has 4 rings (SSSR count). The van der Waals surface area contributed by atoms with E-state index in [1.165, 1.54) is 5.69 Å². The summed E-state index contributed by atoms with van der Waals surface area (Å²) in [6.07, 6.45) is 2.80. The molecule has 1 aromatic carbocycles. The van der Waals surface area contributed by atoms with Gasteiger partial charge in [0, 0.05) is 44.6 Å². The summed E-state index contributed by atoms with van der Waals surface area (Å²) in [5, 5.41) is 7.29. The van der Waals surface area contributed by atoms with Gasteiger partial charge in [-0.15, -0.1) is 0 Å². The Bertz CT molecular complexity index is 851. The summed E-state index contributed by atoms with van der Waals surface area (Å²) in [5.41, 5.74) is 2.70. The van der Waals surface area contributed by atoms with Crippen LogP contribution < -0.4 is 10.2 Å². The third-order valence-electron chi connectivity index (χ3n) is 5.03. The predicted molar refractivity (Wildman–Crippen MR) is 107 cm³/mol. The summed E-state index contributed by atoms with van der Waals surface area (Å²) in [5.74, 6) is -0.104. The number of rotatable bonds is 6. The fourth-order valence-electron chi connectivity index (χ4n) is 3.51. The van der Waals surface area contributed by atoms with Crippen molar-refractivity contribution in [2.75, 3.05) is 44.2 Å². The van der Waals surface area contributed by atoms with Crippen molar-refractivity contribution < 1.29 is 4.79 Å². The molecule has 3 heterocycles. The molecule has 0 spiro atoms. The van der Waals surface area contributed by atoms with Crippen LogP contribution in [-0.4, -0.2) is 59.7 Å². The predicted octanol–water partition coefficient (Wildman–Crippen LogP) is 2.28. The molecule has 1 saturated heterocycles. The number of para-hydroxylation sites is 1. The molecule has 6 heteroatoms. The average molecular weight is 363 g/mol. The van der Waals surface area contributed by atoms with Gasteiger partial charge in [0.25, 0.3) is 5.91 Å². The normalized spacial score (nSPS) is 15.2. The van der Waals surface area contributed by atoms with E-state index in [4.69, 9.17) is 0 Å². The van der Waals surface area contributed by atoms with Crippen LogP contribution in [0.15, 0.2) is 60.8 Å².